The predicted octanol–water partition coefficient (Wildman–Crippen LogP) is 0.887. The first-order chi connectivity index (χ1) is 5.36. The first-order valence-corrected chi connectivity index (χ1v) is 3.10. The summed E-state index contributed by atoms with van der Waals surface area (Å²) in [4.78, 5) is 0. The monoisotopic (exact) mass is 149 g/mol. The van der Waals surface area contributed by atoms with Gasteiger partial charge in [0, 0.05) is 0 Å². The molecule has 1 rings (SSSR count). The van der Waals surface area contributed by atoms with Gasteiger partial charge in [-0.3, -0.25) is 0 Å². The average molecular weight is 149 g/mol. The molecular formula is C8H7NO2. The van der Waals surface area contributed by atoms with Crippen molar-refractivity contribution in [1.29, 1.82) is 5.26 Å². The number of hydrogen-bond donors (Lipinski definition) is 1. The second-order valence-corrected chi connectivity index (χ2v) is 1.91. The minimum absolute atomic E-state index is 0.341. The van der Waals surface area contributed by atoms with E-state index in [9.17, 15) is 0 Å². The fourth-order valence-corrected chi connectivity index (χ4v) is 0.700. The summed E-state index contributed by atoms with van der Waals surface area (Å²) in [6, 6.07) is 8.51. The van der Waals surface area contributed by atoms with Crippen LogP contribution >= 0.6 is 0 Å². The lowest BCUT2D eigenvalue weighted by molar-refractivity contribution is 0.0985. The second kappa shape index (κ2) is 3.59. The molecule has 0 atom stereocenters. The van der Waals surface area contributed by atoms with Gasteiger partial charge in [0.15, 0.2) is 6.79 Å². The molecule has 0 saturated heterocycles. The summed E-state index contributed by atoms with van der Waals surface area (Å²) in [7, 11) is 0. The van der Waals surface area contributed by atoms with Gasteiger partial charge in [-0.05, 0) is 24.3 Å². The van der Waals surface area contributed by atoms with Crippen LogP contribution in [0, 0.1) is 11.3 Å². The Labute approximate surface area is 64.5 Å². The number of nitriles is 1. The molecule has 1 N–H and O–H groups in total. The van der Waals surface area contributed by atoms with E-state index >= 15 is 0 Å². The number of rotatable bonds is 2. The standard InChI is InChI=1S/C8H7NO2/c9-5-7-1-3-8(4-2-7)11-6-10/h1-4,10H,6H2. The van der Waals surface area contributed by atoms with Crippen LogP contribution in [0.2, 0.25) is 0 Å². The fourth-order valence-electron chi connectivity index (χ4n) is 0.700. The first-order valence-electron chi connectivity index (χ1n) is 3.10. The Morgan fingerprint density at radius 2 is 2.00 bits per heavy atom. The zero-order valence-electron chi connectivity index (χ0n) is 5.82. The van der Waals surface area contributed by atoms with E-state index in [1.165, 1.54) is 0 Å². The van der Waals surface area contributed by atoms with Crippen LogP contribution in [-0.4, -0.2) is 11.9 Å². The van der Waals surface area contributed by atoms with Gasteiger partial charge in [0.25, 0.3) is 0 Å². The lowest BCUT2D eigenvalue weighted by Gasteiger charge is -1.99. The molecular weight excluding hydrogens is 142 g/mol. The topological polar surface area (TPSA) is 53.2 Å². The minimum atomic E-state index is -0.341. The molecule has 0 aliphatic carbocycles. The van der Waals surface area contributed by atoms with Crippen molar-refractivity contribution in [3.63, 3.8) is 0 Å². The molecule has 0 aliphatic rings. The summed E-state index contributed by atoms with van der Waals surface area (Å²) in [5.74, 6) is 0.562. The maximum Gasteiger partial charge on any atom is 0.186 e. The predicted molar refractivity (Wildman–Crippen MR) is 38.9 cm³/mol. The Morgan fingerprint density at radius 1 is 1.36 bits per heavy atom. The first kappa shape index (κ1) is 7.58. The molecule has 3 heteroatoms. The Bertz CT molecular complexity index is 260. The van der Waals surface area contributed by atoms with Gasteiger partial charge in [0.2, 0.25) is 0 Å². The molecule has 0 bridgehead atoms. The molecule has 0 spiro atoms. The molecule has 0 heterocycles. The lowest BCUT2D eigenvalue weighted by atomic mass is 10.2. The molecule has 0 aliphatic heterocycles. The molecule has 0 aromatic heterocycles. The molecule has 1 aromatic rings. The Morgan fingerprint density at radius 3 is 2.45 bits per heavy atom. The maximum absolute atomic E-state index is 8.42. The number of aliphatic hydroxyl groups excluding tert-OH is 1. The van der Waals surface area contributed by atoms with E-state index in [0.717, 1.165) is 0 Å². The van der Waals surface area contributed by atoms with Crippen LogP contribution in [0.1, 0.15) is 5.56 Å². The van der Waals surface area contributed by atoms with Crippen LogP contribution in [0.15, 0.2) is 24.3 Å². The molecule has 11 heavy (non-hydrogen) atoms. The van der Waals surface area contributed by atoms with Crippen molar-refractivity contribution in [2.75, 3.05) is 6.79 Å². The minimum Gasteiger partial charge on any atom is -0.468 e. The highest BCUT2D eigenvalue weighted by atomic mass is 16.6. The molecule has 56 valence electrons. The van der Waals surface area contributed by atoms with E-state index < -0.39 is 0 Å². The fraction of sp³-hybridized carbons (Fsp3) is 0.125. The Kier molecular flexibility index (Phi) is 2.47. The van der Waals surface area contributed by atoms with Crippen LogP contribution < -0.4 is 4.74 Å². The molecule has 0 fully saturated rings. The number of ether oxygens (including phenoxy) is 1. The quantitative estimate of drug-likeness (QED) is 0.635. The highest BCUT2D eigenvalue weighted by Crippen LogP contribution is 2.10. The molecule has 1 aromatic carbocycles. The Hall–Kier alpha value is -1.53. The number of hydrogen-bond acceptors (Lipinski definition) is 3. The molecule has 0 radical (unpaired) electrons. The van der Waals surface area contributed by atoms with Crippen molar-refractivity contribution in [2.45, 2.75) is 0 Å². The summed E-state index contributed by atoms with van der Waals surface area (Å²) in [5, 5.41) is 16.8. The Balaban J connectivity index is 2.76. The van der Waals surface area contributed by atoms with E-state index in [-0.39, 0.29) is 6.79 Å². The van der Waals surface area contributed by atoms with Crippen LogP contribution in [0.3, 0.4) is 0 Å². The summed E-state index contributed by atoms with van der Waals surface area (Å²) < 4.78 is 4.75. The van der Waals surface area contributed by atoms with Gasteiger partial charge in [-0.2, -0.15) is 5.26 Å². The van der Waals surface area contributed by atoms with E-state index in [2.05, 4.69) is 0 Å². The van der Waals surface area contributed by atoms with Crippen LogP contribution in [0.25, 0.3) is 0 Å². The van der Waals surface area contributed by atoms with Gasteiger partial charge in [-0.15, -0.1) is 0 Å². The molecule has 0 saturated carbocycles. The van der Waals surface area contributed by atoms with E-state index in [0.29, 0.717) is 11.3 Å². The van der Waals surface area contributed by atoms with Crippen LogP contribution in [-0.2, 0) is 0 Å². The third kappa shape index (κ3) is 1.95. The zero-order valence-corrected chi connectivity index (χ0v) is 5.82. The van der Waals surface area contributed by atoms with Gasteiger partial charge in [-0.25, -0.2) is 0 Å². The zero-order chi connectivity index (χ0) is 8.10. The van der Waals surface area contributed by atoms with Crippen molar-refractivity contribution in [3.8, 4) is 11.8 Å². The van der Waals surface area contributed by atoms with Crippen LogP contribution in [0.5, 0.6) is 5.75 Å². The van der Waals surface area contributed by atoms with Gasteiger partial charge < -0.3 is 9.84 Å². The van der Waals surface area contributed by atoms with Gasteiger partial charge >= 0.3 is 0 Å². The summed E-state index contributed by atoms with van der Waals surface area (Å²) in [5.41, 5.74) is 0.579. The summed E-state index contributed by atoms with van der Waals surface area (Å²) in [6.45, 7) is -0.341. The third-order valence-electron chi connectivity index (χ3n) is 1.21. The summed E-state index contributed by atoms with van der Waals surface area (Å²) in [6.07, 6.45) is 0. The van der Waals surface area contributed by atoms with E-state index in [1.807, 2.05) is 6.07 Å². The highest BCUT2D eigenvalue weighted by Gasteiger charge is 1.91. The molecule has 0 unspecified atom stereocenters. The number of nitrogens with zero attached hydrogens (tertiary/aromatic N) is 1. The lowest BCUT2D eigenvalue weighted by Crippen LogP contribution is -1.93. The normalized spacial score (nSPS) is 8.73. The smallest absolute Gasteiger partial charge is 0.186 e. The molecule has 0 amide bonds. The molecule has 3 nitrogen and oxygen atoms in total. The van der Waals surface area contributed by atoms with E-state index in [1.54, 1.807) is 24.3 Å². The van der Waals surface area contributed by atoms with Crippen molar-refractivity contribution in [2.24, 2.45) is 0 Å². The third-order valence-corrected chi connectivity index (χ3v) is 1.21. The maximum atomic E-state index is 8.42. The number of aliphatic hydroxyl groups is 1. The van der Waals surface area contributed by atoms with Crippen LogP contribution in [0.4, 0.5) is 0 Å². The van der Waals surface area contributed by atoms with Crippen molar-refractivity contribution in [3.05, 3.63) is 29.8 Å². The van der Waals surface area contributed by atoms with Gasteiger partial charge in [0.1, 0.15) is 5.75 Å². The van der Waals surface area contributed by atoms with Crippen molar-refractivity contribution < 1.29 is 9.84 Å². The van der Waals surface area contributed by atoms with Gasteiger partial charge in [0.05, 0.1) is 11.6 Å². The average Bonchev–Trinajstić information content (AvgIpc) is 2.07. The van der Waals surface area contributed by atoms with Crippen molar-refractivity contribution in [1.82, 2.24) is 0 Å². The number of benzene rings is 1. The van der Waals surface area contributed by atoms with Gasteiger partial charge in [-0.1, -0.05) is 0 Å². The van der Waals surface area contributed by atoms with Crippen molar-refractivity contribution >= 4 is 0 Å². The SMILES string of the molecule is N#Cc1ccc(OCO)cc1. The second-order valence-electron chi connectivity index (χ2n) is 1.91. The van der Waals surface area contributed by atoms with E-state index in [4.69, 9.17) is 15.1 Å². The summed E-state index contributed by atoms with van der Waals surface area (Å²) >= 11 is 0. The highest BCUT2D eigenvalue weighted by molar-refractivity contribution is 5.34. The largest absolute Gasteiger partial charge is 0.468 e.